The SMILES string of the molecule is Cc1ccc(-c2cc(CC3(C(=O)NCC(C)C)CCCN3C(=O)c3cn(C)cn3)on2)cc1. The molecule has 1 aliphatic heterocycles. The van der Waals surface area contributed by atoms with Crippen molar-refractivity contribution in [3.63, 3.8) is 0 Å². The molecule has 1 atom stereocenters. The number of aryl methyl sites for hydroxylation is 2. The fourth-order valence-corrected chi connectivity index (χ4v) is 4.34. The summed E-state index contributed by atoms with van der Waals surface area (Å²) in [5.74, 6) is 0.467. The zero-order valence-corrected chi connectivity index (χ0v) is 19.7. The van der Waals surface area contributed by atoms with Crippen molar-refractivity contribution in [2.24, 2.45) is 13.0 Å². The average Bonchev–Trinajstić information content (AvgIpc) is 3.53. The zero-order chi connectivity index (χ0) is 23.6. The van der Waals surface area contributed by atoms with Crippen LogP contribution in [0.25, 0.3) is 11.3 Å². The molecule has 2 amide bonds. The van der Waals surface area contributed by atoms with Crippen LogP contribution in [0, 0.1) is 12.8 Å². The van der Waals surface area contributed by atoms with E-state index in [4.69, 9.17) is 4.52 Å². The summed E-state index contributed by atoms with van der Waals surface area (Å²) in [4.78, 5) is 32.8. The first-order valence-corrected chi connectivity index (χ1v) is 11.4. The van der Waals surface area contributed by atoms with Crippen molar-refractivity contribution in [3.8, 4) is 11.3 Å². The fourth-order valence-electron chi connectivity index (χ4n) is 4.34. The number of benzene rings is 1. The van der Waals surface area contributed by atoms with Crippen molar-refractivity contribution in [2.75, 3.05) is 13.1 Å². The van der Waals surface area contributed by atoms with E-state index in [1.807, 2.05) is 58.2 Å². The highest BCUT2D eigenvalue weighted by Gasteiger charge is 2.51. The molecular formula is C25H31N5O3. The van der Waals surface area contributed by atoms with Gasteiger partial charge in [0.1, 0.15) is 22.7 Å². The largest absolute Gasteiger partial charge is 0.361 e. The lowest BCUT2D eigenvalue weighted by molar-refractivity contribution is -0.131. The topological polar surface area (TPSA) is 93.3 Å². The zero-order valence-electron chi connectivity index (χ0n) is 19.7. The van der Waals surface area contributed by atoms with Gasteiger partial charge in [0.2, 0.25) is 5.91 Å². The number of aromatic nitrogens is 3. The van der Waals surface area contributed by atoms with E-state index in [9.17, 15) is 9.59 Å². The van der Waals surface area contributed by atoms with E-state index in [0.29, 0.717) is 42.6 Å². The van der Waals surface area contributed by atoms with Gasteiger partial charge in [0.15, 0.2) is 0 Å². The molecule has 3 aromatic rings. The summed E-state index contributed by atoms with van der Waals surface area (Å²) in [6.07, 6.45) is 4.81. The maximum atomic E-state index is 13.5. The molecule has 0 aliphatic carbocycles. The third-order valence-corrected chi connectivity index (χ3v) is 6.12. The highest BCUT2D eigenvalue weighted by atomic mass is 16.5. The molecule has 4 rings (SSSR count). The lowest BCUT2D eigenvalue weighted by Gasteiger charge is -2.36. The highest BCUT2D eigenvalue weighted by molar-refractivity contribution is 5.98. The minimum Gasteiger partial charge on any atom is -0.361 e. The molecule has 33 heavy (non-hydrogen) atoms. The van der Waals surface area contributed by atoms with Crippen molar-refractivity contribution in [3.05, 3.63) is 59.9 Å². The number of hydrogen-bond acceptors (Lipinski definition) is 5. The summed E-state index contributed by atoms with van der Waals surface area (Å²) >= 11 is 0. The summed E-state index contributed by atoms with van der Waals surface area (Å²) in [5.41, 5.74) is 2.11. The summed E-state index contributed by atoms with van der Waals surface area (Å²) in [6.45, 7) is 7.15. The molecule has 8 nitrogen and oxygen atoms in total. The van der Waals surface area contributed by atoms with E-state index in [2.05, 4.69) is 15.5 Å². The Bertz CT molecular complexity index is 1130. The van der Waals surface area contributed by atoms with Crippen LogP contribution < -0.4 is 5.32 Å². The summed E-state index contributed by atoms with van der Waals surface area (Å²) < 4.78 is 7.39. The maximum Gasteiger partial charge on any atom is 0.274 e. The van der Waals surface area contributed by atoms with Crippen molar-refractivity contribution in [2.45, 2.75) is 45.6 Å². The van der Waals surface area contributed by atoms with E-state index >= 15 is 0 Å². The first-order chi connectivity index (χ1) is 15.8. The van der Waals surface area contributed by atoms with Gasteiger partial charge in [-0.05, 0) is 25.7 Å². The van der Waals surface area contributed by atoms with E-state index in [1.165, 1.54) is 0 Å². The number of carbonyl (C=O) groups excluding carboxylic acids is 2. The molecule has 8 heteroatoms. The van der Waals surface area contributed by atoms with Crippen molar-refractivity contribution < 1.29 is 14.1 Å². The molecule has 1 aliphatic rings. The predicted molar refractivity (Wildman–Crippen MR) is 124 cm³/mol. The minimum atomic E-state index is -1.05. The van der Waals surface area contributed by atoms with Gasteiger partial charge >= 0.3 is 0 Å². The van der Waals surface area contributed by atoms with Crippen LogP contribution in [0.1, 0.15) is 48.5 Å². The molecule has 0 radical (unpaired) electrons. The molecule has 1 N–H and O–H groups in total. The Hall–Kier alpha value is -3.42. The molecule has 174 valence electrons. The second-order valence-corrected chi connectivity index (χ2v) is 9.34. The lowest BCUT2D eigenvalue weighted by Crippen LogP contribution is -2.59. The van der Waals surface area contributed by atoms with E-state index in [1.54, 1.807) is 22.0 Å². The van der Waals surface area contributed by atoms with Gasteiger partial charge in [-0.15, -0.1) is 0 Å². The van der Waals surface area contributed by atoms with Crippen LogP contribution in [0.3, 0.4) is 0 Å². The number of hydrogen-bond donors (Lipinski definition) is 1. The number of imidazole rings is 1. The quantitative estimate of drug-likeness (QED) is 0.597. The molecular weight excluding hydrogens is 418 g/mol. The maximum absolute atomic E-state index is 13.5. The van der Waals surface area contributed by atoms with Crippen molar-refractivity contribution in [1.82, 2.24) is 24.9 Å². The second-order valence-electron chi connectivity index (χ2n) is 9.34. The Labute approximate surface area is 194 Å². The molecule has 1 unspecified atom stereocenters. The smallest absolute Gasteiger partial charge is 0.274 e. The van der Waals surface area contributed by atoms with Crippen LogP contribution in [0.5, 0.6) is 0 Å². The van der Waals surface area contributed by atoms with Gasteiger partial charge in [0, 0.05) is 44.4 Å². The normalized spacial score (nSPS) is 18.2. The van der Waals surface area contributed by atoms with E-state index in [0.717, 1.165) is 17.5 Å². The van der Waals surface area contributed by atoms with Crippen molar-refractivity contribution >= 4 is 11.8 Å². The summed E-state index contributed by atoms with van der Waals surface area (Å²) in [6, 6.07) is 9.90. The van der Waals surface area contributed by atoms with Gasteiger partial charge in [-0.25, -0.2) is 4.98 Å². The number of carbonyl (C=O) groups is 2. The van der Waals surface area contributed by atoms with Gasteiger partial charge in [0.25, 0.3) is 5.91 Å². The lowest BCUT2D eigenvalue weighted by atomic mass is 9.88. The number of rotatable bonds is 7. The van der Waals surface area contributed by atoms with Gasteiger partial charge in [-0.1, -0.05) is 48.8 Å². The van der Waals surface area contributed by atoms with Gasteiger partial charge in [0.05, 0.1) is 6.33 Å². The van der Waals surface area contributed by atoms with Gasteiger partial charge in [-0.3, -0.25) is 9.59 Å². The minimum absolute atomic E-state index is 0.161. The Balaban J connectivity index is 1.65. The van der Waals surface area contributed by atoms with Crippen LogP contribution in [-0.2, 0) is 18.3 Å². The Morgan fingerprint density at radius 2 is 2.00 bits per heavy atom. The Morgan fingerprint density at radius 1 is 1.24 bits per heavy atom. The Morgan fingerprint density at radius 3 is 2.67 bits per heavy atom. The number of amides is 2. The van der Waals surface area contributed by atoms with Gasteiger partial charge in [-0.2, -0.15) is 0 Å². The summed E-state index contributed by atoms with van der Waals surface area (Å²) in [7, 11) is 1.82. The van der Waals surface area contributed by atoms with Crippen molar-refractivity contribution in [1.29, 1.82) is 0 Å². The average molecular weight is 450 g/mol. The Kier molecular flexibility index (Phi) is 6.35. The molecule has 0 spiro atoms. The first kappa shape index (κ1) is 22.8. The second kappa shape index (κ2) is 9.21. The number of nitrogens with zero attached hydrogens (tertiary/aromatic N) is 4. The number of likely N-dealkylation sites (tertiary alicyclic amines) is 1. The molecule has 3 heterocycles. The van der Waals surface area contributed by atoms with Crippen LogP contribution in [0.2, 0.25) is 0 Å². The number of nitrogens with one attached hydrogen (secondary N) is 1. The highest BCUT2D eigenvalue weighted by Crippen LogP contribution is 2.35. The molecule has 1 aromatic carbocycles. The van der Waals surface area contributed by atoms with Crippen LogP contribution in [0.15, 0.2) is 47.4 Å². The standard InChI is InChI=1S/C25H31N5O3/c1-17(2)14-26-24(32)25(10-5-11-30(25)23(31)22-15-29(4)16-27-22)13-20-12-21(28-33-20)19-8-6-18(3)7-9-19/h6-9,12,15-17H,5,10-11,13-14H2,1-4H3,(H,26,32). The predicted octanol–water partition coefficient (Wildman–Crippen LogP) is 3.37. The van der Waals surface area contributed by atoms with Crippen LogP contribution in [0.4, 0.5) is 0 Å². The van der Waals surface area contributed by atoms with E-state index in [-0.39, 0.29) is 18.2 Å². The van der Waals surface area contributed by atoms with Gasteiger partial charge < -0.3 is 19.3 Å². The molecule has 1 saturated heterocycles. The van der Waals surface area contributed by atoms with Crippen LogP contribution >= 0.6 is 0 Å². The monoisotopic (exact) mass is 449 g/mol. The third kappa shape index (κ3) is 4.69. The molecule has 2 aromatic heterocycles. The summed E-state index contributed by atoms with van der Waals surface area (Å²) in [5, 5.41) is 7.28. The van der Waals surface area contributed by atoms with Crippen LogP contribution in [-0.4, -0.2) is 50.1 Å². The van der Waals surface area contributed by atoms with E-state index < -0.39 is 5.54 Å². The first-order valence-electron chi connectivity index (χ1n) is 11.4. The molecule has 0 saturated carbocycles. The molecule has 1 fully saturated rings. The molecule has 0 bridgehead atoms. The third-order valence-electron chi connectivity index (χ3n) is 6.12. The fraction of sp³-hybridized carbons (Fsp3) is 0.440.